The van der Waals surface area contributed by atoms with Gasteiger partial charge in [0, 0.05) is 10.4 Å². The second kappa shape index (κ2) is 4.08. The summed E-state index contributed by atoms with van der Waals surface area (Å²) < 4.78 is 26.3. The van der Waals surface area contributed by atoms with Crippen molar-refractivity contribution in [1.29, 1.82) is 0 Å². The summed E-state index contributed by atoms with van der Waals surface area (Å²) in [7, 11) is 0. The number of hydrogen-bond acceptors (Lipinski definition) is 2. The van der Waals surface area contributed by atoms with E-state index in [4.69, 9.17) is 5.73 Å². The largest absolute Gasteiger partial charge is 0.320 e. The summed E-state index contributed by atoms with van der Waals surface area (Å²) in [6, 6.07) is 6.36. The van der Waals surface area contributed by atoms with Crippen molar-refractivity contribution in [3.63, 3.8) is 0 Å². The van der Waals surface area contributed by atoms with Gasteiger partial charge in [-0.05, 0) is 29.6 Å². The predicted molar refractivity (Wildman–Crippen MR) is 56.7 cm³/mol. The topological polar surface area (TPSA) is 26.0 Å². The van der Waals surface area contributed by atoms with Crippen LogP contribution in [0.3, 0.4) is 0 Å². The van der Waals surface area contributed by atoms with E-state index in [2.05, 4.69) is 0 Å². The molecular weight excluding hydrogens is 216 g/mol. The molecule has 2 N–H and O–H groups in total. The molecule has 1 nitrogen and oxygen atoms in total. The number of halogens is 2. The molecule has 0 spiro atoms. The molecule has 4 heteroatoms. The summed E-state index contributed by atoms with van der Waals surface area (Å²) in [6.07, 6.45) is 0. The van der Waals surface area contributed by atoms with Gasteiger partial charge < -0.3 is 5.73 Å². The highest BCUT2D eigenvalue weighted by Gasteiger charge is 2.14. The van der Waals surface area contributed by atoms with E-state index in [0.717, 1.165) is 23.1 Å². The Morgan fingerprint density at radius 2 is 2.00 bits per heavy atom. The van der Waals surface area contributed by atoms with Crippen LogP contribution in [0.1, 0.15) is 16.5 Å². The molecule has 0 aliphatic carbocycles. The Morgan fingerprint density at radius 1 is 1.20 bits per heavy atom. The van der Waals surface area contributed by atoms with Crippen LogP contribution in [0.4, 0.5) is 8.78 Å². The average Bonchev–Trinajstić information content (AvgIpc) is 2.74. The SMILES string of the molecule is NC(c1cccs1)c1cc(F)ccc1F. The molecule has 0 aliphatic heterocycles. The highest BCUT2D eigenvalue weighted by atomic mass is 32.1. The van der Waals surface area contributed by atoms with Gasteiger partial charge >= 0.3 is 0 Å². The van der Waals surface area contributed by atoms with Crippen molar-refractivity contribution in [3.05, 3.63) is 57.8 Å². The molecule has 0 radical (unpaired) electrons. The van der Waals surface area contributed by atoms with Crippen LogP contribution >= 0.6 is 11.3 Å². The normalized spacial score (nSPS) is 12.7. The first kappa shape index (κ1) is 10.3. The van der Waals surface area contributed by atoms with Crippen molar-refractivity contribution in [2.24, 2.45) is 5.73 Å². The molecule has 0 aliphatic rings. The first-order valence-electron chi connectivity index (χ1n) is 4.42. The van der Waals surface area contributed by atoms with Crippen LogP contribution < -0.4 is 5.73 Å². The standard InChI is InChI=1S/C11H9F2NS/c12-7-3-4-9(13)8(6-7)11(14)10-2-1-5-15-10/h1-6,11H,14H2. The third kappa shape index (κ3) is 2.06. The van der Waals surface area contributed by atoms with E-state index >= 15 is 0 Å². The highest BCUT2D eigenvalue weighted by molar-refractivity contribution is 7.10. The molecule has 1 unspecified atom stereocenters. The summed E-state index contributed by atoms with van der Waals surface area (Å²) in [5, 5.41) is 1.85. The number of nitrogens with two attached hydrogens (primary N) is 1. The second-order valence-electron chi connectivity index (χ2n) is 3.16. The molecular formula is C11H9F2NS. The monoisotopic (exact) mass is 225 g/mol. The fourth-order valence-corrected chi connectivity index (χ4v) is 2.12. The second-order valence-corrected chi connectivity index (χ2v) is 4.14. The van der Waals surface area contributed by atoms with Gasteiger partial charge in [0.1, 0.15) is 11.6 Å². The number of benzene rings is 1. The molecule has 0 bridgehead atoms. The molecule has 1 aromatic carbocycles. The number of thiophene rings is 1. The van der Waals surface area contributed by atoms with E-state index in [9.17, 15) is 8.78 Å². The minimum absolute atomic E-state index is 0.192. The quantitative estimate of drug-likeness (QED) is 0.835. The summed E-state index contributed by atoms with van der Waals surface area (Å²) in [4.78, 5) is 0.819. The molecule has 2 rings (SSSR count). The third-order valence-corrected chi connectivity index (χ3v) is 3.10. The van der Waals surface area contributed by atoms with Crippen LogP contribution in [-0.2, 0) is 0 Å². The minimum Gasteiger partial charge on any atom is -0.320 e. The van der Waals surface area contributed by atoms with E-state index in [1.165, 1.54) is 11.3 Å². The third-order valence-electron chi connectivity index (χ3n) is 2.14. The Hall–Kier alpha value is -1.26. The van der Waals surface area contributed by atoms with E-state index in [-0.39, 0.29) is 5.56 Å². The van der Waals surface area contributed by atoms with Crippen LogP contribution in [-0.4, -0.2) is 0 Å². The highest BCUT2D eigenvalue weighted by Crippen LogP contribution is 2.25. The van der Waals surface area contributed by atoms with Crippen LogP contribution in [0, 0.1) is 11.6 Å². The molecule has 0 saturated carbocycles. The van der Waals surface area contributed by atoms with E-state index in [1.807, 2.05) is 11.4 Å². The lowest BCUT2D eigenvalue weighted by Crippen LogP contribution is -2.12. The zero-order chi connectivity index (χ0) is 10.8. The van der Waals surface area contributed by atoms with Gasteiger partial charge in [0.2, 0.25) is 0 Å². The lowest BCUT2D eigenvalue weighted by atomic mass is 10.1. The molecule has 1 heterocycles. The van der Waals surface area contributed by atoms with Gasteiger partial charge in [-0.15, -0.1) is 11.3 Å². The first-order valence-corrected chi connectivity index (χ1v) is 5.30. The van der Waals surface area contributed by atoms with Crippen molar-refractivity contribution >= 4 is 11.3 Å². The Bertz CT molecular complexity index is 454. The van der Waals surface area contributed by atoms with Gasteiger partial charge in [0.15, 0.2) is 0 Å². The molecule has 0 fully saturated rings. The molecule has 1 atom stereocenters. The summed E-state index contributed by atoms with van der Waals surface area (Å²) in [5.74, 6) is -0.948. The fourth-order valence-electron chi connectivity index (χ4n) is 1.37. The van der Waals surface area contributed by atoms with Gasteiger partial charge in [-0.3, -0.25) is 0 Å². The number of rotatable bonds is 2. The number of hydrogen-bond donors (Lipinski definition) is 1. The lowest BCUT2D eigenvalue weighted by Gasteiger charge is -2.10. The van der Waals surface area contributed by atoms with Gasteiger partial charge in [-0.2, -0.15) is 0 Å². The summed E-state index contributed by atoms with van der Waals surface area (Å²) >= 11 is 1.43. The maximum absolute atomic E-state index is 13.4. The Balaban J connectivity index is 2.41. The van der Waals surface area contributed by atoms with Gasteiger partial charge in [-0.1, -0.05) is 6.07 Å². The van der Waals surface area contributed by atoms with Crippen LogP contribution in [0.15, 0.2) is 35.7 Å². The fraction of sp³-hybridized carbons (Fsp3) is 0.0909. The zero-order valence-electron chi connectivity index (χ0n) is 7.78. The molecule has 0 amide bonds. The summed E-state index contributed by atoms with van der Waals surface area (Å²) in [6.45, 7) is 0. The molecule has 1 aromatic heterocycles. The van der Waals surface area contributed by atoms with Gasteiger partial charge in [0.25, 0.3) is 0 Å². The molecule has 0 saturated heterocycles. The molecule has 15 heavy (non-hydrogen) atoms. The lowest BCUT2D eigenvalue weighted by molar-refractivity contribution is 0.578. The maximum Gasteiger partial charge on any atom is 0.128 e. The Morgan fingerprint density at radius 3 is 2.67 bits per heavy atom. The van der Waals surface area contributed by atoms with Crippen molar-refractivity contribution < 1.29 is 8.78 Å². The Labute approximate surface area is 90.2 Å². The van der Waals surface area contributed by atoms with E-state index in [0.29, 0.717) is 0 Å². The average molecular weight is 225 g/mol. The van der Waals surface area contributed by atoms with Crippen molar-refractivity contribution in [3.8, 4) is 0 Å². The van der Waals surface area contributed by atoms with Gasteiger partial charge in [-0.25, -0.2) is 8.78 Å². The van der Waals surface area contributed by atoms with Gasteiger partial charge in [0.05, 0.1) is 6.04 Å². The molecule has 2 aromatic rings. The Kier molecular flexibility index (Phi) is 2.79. The van der Waals surface area contributed by atoms with Crippen molar-refractivity contribution in [1.82, 2.24) is 0 Å². The van der Waals surface area contributed by atoms with Crippen LogP contribution in [0.5, 0.6) is 0 Å². The molecule has 78 valence electrons. The van der Waals surface area contributed by atoms with E-state index in [1.54, 1.807) is 6.07 Å². The minimum atomic E-state index is -0.597. The first-order chi connectivity index (χ1) is 7.18. The zero-order valence-corrected chi connectivity index (χ0v) is 8.60. The van der Waals surface area contributed by atoms with Crippen LogP contribution in [0.2, 0.25) is 0 Å². The van der Waals surface area contributed by atoms with Crippen molar-refractivity contribution in [2.45, 2.75) is 6.04 Å². The van der Waals surface area contributed by atoms with Crippen molar-refractivity contribution in [2.75, 3.05) is 0 Å². The smallest absolute Gasteiger partial charge is 0.128 e. The maximum atomic E-state index is 13.4. The summed E-state index contributed by atoms with van der Waals surface area (Å²) in [5.41, 5.74) is 6.03. The van der Waals surface area contributed by atoms with E-state index < -0.39 is 17.7 Å². The predicted octanol–water partition coefficient (Wildman–Crippen LogP) is 3.07. The van der Waals surface area contributed by atoms with Crippen LogP contribution in [0.25, 0.3) is 0 Å².